The number of hydrogen-bond donors (Lipinski definition) is 0. The molecule has 0 fully saturated rings. The van der Waals surface area contributed by atoms with Gasteiger partial charge in [0.1, 0.15) is 7.05 Å². The molecule has 0 aliphatic rings. The summed E-state index contributed by atoms with van der Waals surface area (Å²) in [5, 5.41) is 2.54. The van der Waals surface area contributed by atoms with Gasteiger partial charge in [-0.05, 0) is 36.9 Å². The van der Waals surface area contributed by atoms with Gasteiger partial charge in [-0.25, -0.2) is 4.57 Å². The summed E-state index contributed by atoms with van der Waals surface area (Å²) in [6.45, 7) is 4.26. The van der Waals surface area contributed by atoms with Gasteiger partial charge in [-0.2, -0.15) is 0 Å². The molecule has 0 unspecified atom stereocenters. The second-order valence-electron chi connectivity index (χ2n) is 5.06. The molecule has 2 aromatic heterocycles. The minimum absolute atomic E-state index is 1.19. The van der Waals surface area contributed by atoms with Crippen LogP contribution in [0.3, 0.4) is 0 Å². The lowest BCUT2D eigenvalue weighted by Gasteiger charge is -2.07. The highest BCUT2D eigenvalue weighted by molar-refractivity contribution is 5.93. The van der Waals surface area contributed by atoms with Crippen molar-refractivity contribution in [3.8, 4) is 11.3 Å². The fraction of sp³-hybridized carbons (Fsp3) is 0.176. The van der Waals surface area contributed by atoms with Gasteiger partial charge in [-0.3, -0.25) is 4.98 Å². The maximum Gasteiger partial charge on any atom is 0.221 e. The first kappa shape index (κ1) is 11.8. The van der Waals surface area contributed by atoms with Gasteiger partial charge in [0.25, 0.3) is 0 Å². The van der Waals surface area contributed by atoms with Gasteiger partial charge < -0.3 is 0 Å². The van der Waals surface area contributed by atoms with Crippen molar-refractivity contribution >= 4 is 10.8 Å². The molecular formula is C17H17N2+. The molecule has 0 saturated carbocycles. The molecule has 94 valence electrons. The molecule has 0 aliphatic carbocycles. The zero-order valence-electron chi connectivity index (χ0n) is 11.5. The second kappa shape index (κ2) is 4.47. The SMILES string of the molecule is Cc1ccc2c(-c3cnccc3C)[n+](C)ccc2c1. The summed E-state index contributed by atoms with van der Waals surface area (Å²) in [4.78, 5) is 4.27. The molecule has 0 saturated heterocycles. The van der Waals surface area contributed by atoms with Crippen molar-refractivity contribution in [2.24, 2.45) is 7.05 Å². The highest BCUT2D eigenvalue weighted by atomic mass is 14.9. The van der Waals surface area contributed by atoms with Crippen LogP contribution in [0.4, 0.5) is 0 Å². The number of aromatic nitrogens is 2. The molecule has 2 heterocycles. The summed E-state index contributed by atoms with van der Waals surface area (Å²) in [5.74, 6) is 0. The van der Waals surface area contributed by atoms with Crippen LogP contribution >= 0.6 is 0 Å². The van der Waals surface area contributed by atoms with Gasteiger partial charge in [0, 0.05) is 18.5 Å². The molecule has 3 aromatic rings. The predicted molar refractivity (Wildman–Crippen MR) is 77.8 cm³/mol. The third-order valence-corrected chi connectivity index (χ3v) is 3.59. The monoisotopic (exact) mass is 249 g/mol. The number of fused-ring (bicyclic) bond motifs is 1. The van der Waals surface area contributed by atoms with E-state index in [2.05, 4.69) is 67.0 Å². The van der Waals surface area contributed by atoms with Gasteiger partial charge in [0.05, 0.1) is 10.9 Å². The fourth-order valence-electron chi connectivity index (χ4n) is 2.54. The van der Waals surface area contributed by atoms with E-state index >= 15 is 0 Å². The zero-order chi connectivity index (χ0) is 13.4. The molecule has 0 spiro atoms. The average Bonchev–Trinajstić information content (AvgIpc) is 2.40. The normalized spacial score (nSPS) is 10.9. The van der Waals surface area contributed by atoms with E-state index in [1.54, 1.807) is 0 Å². The highest BCUT2D eigenvalue weighted by Crippen LogP contribution is 2.27. The Morgan fingerprint density at radius 3 is 2.68 bits per heavy atom. The lowest BCUT2D eigenvalue weighted by Crippen LogP contribution is -2.30. The van der Waals surface area contributed by atoms with Crippen LogP contribution in [0.25, 0.3) is 22.0 Å². The van der Waals surface area contributed by atoms with Gasteiger partial charge >= 0.3 is 0 Å². The van der Waals surface area contributed by atoms with E-state index in [1.165, 1.54) is 33.2 Å². The van der Waals surface area contributed by atoms with E-state index in [-0.39, 0.29) is 0 Å². The quantitative estimate of drug-likeness (QED) is 0.604. The zero-order valence-corrected chi connectivity index (χ0v) is 11.5. The van der Waals surface area contributed by atoms with Crippen molar-refractivity contribution < 1.29 is 4.57 Å². The van der Waals surface area contributed by atoms with E-state index in [0.717, 1.165) is 0 Å². The van der Waals surface area contributed by atoms with E-state index in [0.29, 0.717) is 0 Å². The Kier molecular flexibility index (Phi) is 2.79. The van der Waals surface area contributed by atoms with Crippen molar-refractivity contribution in [1.82, 2.24) is 4.98 Å². The molecule has 2 nitrogen and oxygen atoms in total. The Labute approximate surface area is 113 Å². The van der Waals surface area contributed by atoms with Crippen molar-refractivity contribution in [3.05, 3.63) is 60.0 Å². The molecule has 0 N–H and O–H groups in total. The number of nitrogens with zero attached hydrogens (tertiary/aromatic N) is 2. The molecule has 0 bridgehead atoms. The second-order valence-corrected chi connectivity index (χ2v) is 5.06. The number of pyridine rings is 2. The standard InChI is InChI=1S/C17H17N2/c1-12-4-5-15-14(10-12)7-9-19(3)17(15)16-11-18-8-6-13(16)2/h4-11H,1-3H3/q+1. The molecule has 0 amide bonds. The van der Waals surface area contributed by atoms with Gasteiger partial charge in [0.15, 0.2) is 6.20 Å². The Morgan fingerprint density at radius 1 is 1.05 bits per heavy atom. The van der Waals surface area contributed by atoms with Crippen LogP contribution in [-0.4, -0.2) is 4.98 Å². The van der Waals surface area contributed by atoms with Crippen LogP contribution in [0.2, 0.25) is 0 Å². The molecule has 0 aliphatic heterocycles. The van der Waals surface area contributed by atoms with E-state index in [4.69, 9.17) is 0 Å². The van der Waals surface area contributed by atoms with Gasteiger partial charge in [0.2, 0.25) is 5.69 Å². The van der Waals surface area contributed by atoms with Crippen LogP contribution in [0.1, 0.15) is 11.1 Å². The summed E-state index contributed by atoms with van der Waals surface area (Å²) in [6, 6.07) is 10.8. The van der Waals surface area contributed by atoms with Crippen molar-refractivity contribution in [1.29, 1.82) is 0 Å². The number of hydrogen-bond acceptors (Lipinski definition) is 1. The third kappa shape index (κ3) is 1.99. The van der Waals surface area contributed by atoms with Gasteiger partial charge in [-0.15, -0.1) is 0 Å². The van der Waals surface area contributed by atoms with Crippen LogP contribution in [0.15, 0.2) is 48.9 Å². The molecule has 19 heavy (non-hydrogen) atoms. The summed E-state index contributed by atoms with van der Waals surface area (Å²) in [6.07, 6.45) is 5.90. The Balaban J connectivity index is 2.40. The van der Waals surface area contributed by atoms with E-state index in [1.807, 2.05) is 12.4 Å². The Hall–Kier alpha value is -2.22. The molecule has 3 rings (SSSR count). The summed E-state index contributed by atoms with van der Waals surface area (Å²) in [7, 11) is 2.08. The van der Waals surface area contributed by atoms with Crippen LogP contribution in [-0.2, 0) is 7.05 Å². The summed E-state index contributed by atoms with van der Waals surface area (Å²) >= 11 is 0. The lowest BCUT2D eigenvalue weighted by atomic mass is 10.0. The van der Waals surface area contributed by atoms with Crippen LogP contribution in [0, 0.1) is 13.8 Å². The average molecular weight is 249 g/mol. The topological polar surface area (TPSA) is 16.8 Å². The first-order valence-corrected chi connectivity index (χ1v) is 6.47. The largest absolute Gasteiger partial charge is 0.264 e. The summed E-state index contributed by atoms with van der Waals surface area (Å²) < 4.78 is 2.17. The van der Waals surface area contributed by atoms with Crippen LogP contribution < -0.4 is 4.57 Å². The first-order chi connectivity index (χ1) is 9.16. The molecule has 0 atom stereocenters. The molecule has 2 heteroatoms. The van der Waals surface area contributed by atoms with Crippen molar-refractivity contribution in [2.75, 3.05) is 0 Å². The first-order valence-electron chi connectivity index (χ1n) is 6.47. The number of rotatable bonds is 1. The van der Waals surface area contributed by atoms with Crippen molar-refractivity contribution in [2.45, 2.75) is 13.8 Å². The highest BCUT2D eigenvalue weighted by Gasteiger charge is 2.16. The van der Waals surface area contributed by atoms with Crippen molar-refractivity contribution in [3.63, 3.8) is 0 Å². The van der Waals surface area contributed by atoms with E-state index < -0.39 is 0 Å². The number of benzene rings is 1. The fourth-order valence-corrected chi connectivity index (χ4v) is 2.54. The summed E-state index contributed by atoms with van der Waals surface area (Å²) in [5.41, 5.74) is 4.96. The predicted octanol–water partition coefficient (Wildman–Crippen LogP) is 3.34. The smallest absolute Gasteiger partial charge is 0.221 e. The third-order valence-electron chi connectivity index (χ3n) is 3.59. The molecule has 0 radical (unpaired) electrons. The maximum absolute atomic E-state index is 4.27. The Bertz CT molecular complexity index is 760. The molecule has 1 aromatic carbocycles. The maximum atomic E-state index is 4.27. The minimum Gasteiger partial charge on any atom is -0.264 e. The van der Waals surface area contributed by atoms with Gasteiger partial charge in [-0.1, -0.05) is 17.7 Å². The van der Waals surface area contributed by atoms with E-state index in [9.17, 15) is 0 Å². The minimum atomic E-state index is 1.19. The molecular weight excluding hydrogens is 232 g/mol. The van der Waals surface area contributed by atoms with Crippen LogP contribution in [0.5, 0.6) is 0 Å². The Morgan fingerprint density at radius 2 is 1.89 bits per heavy atom. The lowest BCUT2D eigenvalue weighted by molar-refractivity contribution is -0.659. The number of aryl methyl sites for hydroxylation is 3.